The minimum absolute atomic E-state index is 0.496. The molecule has 148 valence electrons. The van der Waals surface area contributed by atoms with Crippen molar-refractivity contribution in [3.05, 3.63) is 39.4 Å². The van der Waals surface area contributed by atoms with Gasteiger partial charge in [-0.1, -0.05) is 22.4 Å². The second-order valence-corrected chi connectivity index (χ2v) is 9.57. The van der Waals surface area contributed by atoms with Crippen LogP contribution in [0.25, 0.3) is 0 Å². The first kappa shape index (κ1) is 18.9. The quantitative estimate of drug-likeness (QED) is 0.482. The molecule has 2 bridgehead atoms. The van der Waals surface area contributed by atoms with Gasteiger partial charge >= 0.3 is 0 Å². The van der Waals surface area contributed by atoms with Gasteiger partial charge < -0.3 is 14.4 Å². The highest BCUT2D eigenvalue weighted by Gasteiger charge is 2.38. The fourth-order valence-corrected chi connectivity index (χ4v) is 5.11. The fourth-order valence-electron chi connectivity index (χ4n) is 4.46. The van der Waals surface area contributed by atoms with E-state index in [2.05, 4.69) is 58.8 Å². The lowest BCUT2D eigenvalue weighted by Crippen LogP contribution is -2.37. The molecule has 0 N–H and O–H groups in total. The molecule has 5 nitrogen and oxygen atoms in total. The van der Waals surface area contributed by atoms with Gasteiger partial charge in [0.15, 0.2) is 17.3 Å². The van der Waals surface area contributed by atoms with E-state index in [9.17, 15) is 0 Å². The van der Waals surface area contributed by atoms with Crippen molar-refractivity contribution in [1.29, 1.82) is 0 Å². The van der Waals surface area contributed by atoms with Gasteiger partial charge in [0, 0.05) is 40.3 Å². The Bertz CT molecular complexity index is 827. The van der Waals surface area contributed by atoms with Crippen LogP contribution in [0.2, 0.25) is 0 Å². The molecule has 0 unspecified atom stereocenters. The van der Waals surface area contributed by atoms with Crippen LogP contribution in [0.5, 0.6) is 11.5 Å². The number of fused-ring (bicyclic) bond motifs is 4. The number of pyridine rings is 1. The molecular formula is C21H23Br2N3O2. The molecule has 0 amide bonds. The maximum atomic E-state index is 6.11. The molecule has 1 aromatic heterocycles. The number of nitrogens with zero attached hydrogens (tertiary/aromatic N) is 3. The van der Waals surface area contributed by atoms with Crippen LogP contribution in [-0.2, 0) is 4.74 Å². The van der Waals surface area contributed by atoms with Crippen LogP contribution in [0.3, 0.4) is 0 Å². The second kappa shape index (κ2) is 7.94. The van der Waals surface area contributed by atoms with Crippen LogP contribution in [-0.4, -0.2) is 48.3 Å². The fraction of sp³-hybridized carbons (Fsp3) is 0.476. The number of likely N-dealkylation sites (tertiary alicyclic amines) is 1. The second-order valence-electron chi connectivity index (χ2n) is 7.74. The Morgan fingerprint density at radius 2 is 1.89 bits per heavy atom. The number of morpholine rings is 1. The molecule has 0 radical (unpaired) electrons. The summed E-state index contributed by atoms with van der Waals surface area (Å²) in [5.41, 5.74) is 1.08. The van der Waals surface area contributed by atoms with Crippen molar-refractivity contribution in [2.24, 2.45) is 0 Å². The molecule has 5 rings (SSSR count). The zero-order chi connectivity index (χ0) is 19.1. The molecule has 2 atom stereocenters. The summed E-state index contributed by atoms with van der Waals surface area (Å²) < 4.78 is 13.7. The molecule has 28 heavy (non-hydrogen) atoms. The van der Waals surface area contributed by atoms with Crippen LogP contribution in [0.15, 0.2) is 39.4 Å². The predicted molar refractivity (Wildman–Crippen MR) is 117 cm³/mol. The summed E-state index contributed by atoms with van der Waals surface area (Å²) in [6, 6.07) is 8.85. The lowest BCUT2D eigenvalue weighted by Gasteiger charge is -2.32. The lowest BCUT2D eigenvalue weighted by atomic mass is 10.1. The summed E-state index contributed by atoms with van der Waals surface area (Å²) in [5.74, 6) is 2.56. The van der Waals surface area contributed by atoms with Gasteiger partial charge in [0.2, 0.25) is 0 Å². The number of ether oxygens (including phenoxy) is 2. The van der Waals surface area contributed by atoms with Crippen LogP contribution < -0.4 is 9.64 Å². The van der Waals surface area contributed by atoms with E-state index in [1.54, 1.807) is 0 Å². The van der Waals surface area contributed by atoms with Gasteiger partial charge in [-0.3, -0.25) is 4.90 Å². The Balaban J connectivity index is 1.23. The Hall–Kier alpha value is -1.15. The number of hydrogen-bond donors (Lipinski definition) is 0. The van der Waals surface area contributed by atoms with Crippen molar-refractivity contribution in [3.8, 4) is 11.5 Å². The van der Waals surface area contributed by atoms with Crippen molar-refractivity contribution in [3.63, 3.8) is 0 Å². The van der Waals surface area contributed by atoms with Crippen LogP contribution in [0, 0.1) is 0 Å². The van der Waals surface area contributed by atoms with Gasteiger partial charge in [-0.05, 0) is 59.9 Å². The molecule has 2 saturated heterocycles. The maximum absolute atomic E-state index is 6.11. The van der Waals surface area contributed by atoms with Gasteiger partial charge in [-0.2, -0.15) is 0 Å². The number of rotatable bonds is 6. The molecule has 4 heterocycles. The number of halogens is 2. The molecule has 1 aromatic carbocycles. The first-order valence-corrected chi connectivity index (χ1v) is 11.5. The third-order valence-corrected chi connectivity index (χ3v) is 6.76. The molecule has 3 aliphatic heterocycles. The third-order valence-electron chi connectivity index (χ3n) is 5.83. The van der Waals surface area contributed by atoms with Crippen molar-refractivity contribution in [1.82, 2.24) is 9.88 Å². The average molecular weight is 509 g/mol. The summed E-state index contributed by atoms with van der Waals surface area (Å²) in [4.78, 5) is 9.54. The average Bonchev–Trinajstić information content (AvgIpc) is 3.30. The molecule has 3 aliphatic rings. The summed E-state index contributed by atoms with van der Waals surface area (Å²) in [6.45, 7) is 4.19. The molecule has 0 saturated carbocycles. The third kappa shape index (κ3) is 3.70. The van der Waals surface area contributed by atoms with Gasteiger partial charge in [0.05, 0.1) is 18.4 Å². The van der Waals surface area contributed by atoms with Gasteiger partial charge in [0.25, 0.3) is 0 Å². The lowest BCUT2D eigenvalue weighted by molar-refractivity contribution is 0.0300. The van der Waals surface area contributed by atoms with Gasteiger partial charge in [-0.15, -0.1) is 0 Å². The molecular weight excluding hydrogens is 486 g/mol. The topological polar surface area (TPSA) is 37.8 Å². The normalized spacial score (nSPS) is 22.9. The van der Waals surface area contributed by atoms with E-state index in [0.29, 0.717) is 12.1 Å². The van der Waals surface area contributed by atoms with Crippen LogP contribution in [0.4, 0.5) is 11.5 Å². The van der Waals surface area contributed by atoms with E-state index in [-0.39, 0.29) is 0 Å². The van der Waals surface area contributed by atoms with E-state index in [4.69, 9.17) is 9.47 Å². The number of anilines is 2. The Morgan fingerprint density at radius 1 is 1.04 bits per heavy atom. The zero-order valence-corrected chi connectivity index (χ0v) is 18.8. The van der Waals surface area contributed by atoms with Crippen molar-refractivity contribution >= 4 is 43.4 Å². The van der Waals surface area contributed by atoms with Crippen molar-refractivity contribution in [2.45, 2.75) is 37.8 Å². The predicted octanol–water partition coefficient (Wildman–Crippen LogP) is 5.49. The van der Waals surface area contributed by atoms with Gasteiger partial charge in [0.1, 0.15) is 0 Å². The summed E-state index contributed by atoms with van der Waals surface area (Å²) in [5, 5.41) is 0. The molecule has 2 fully saturated rings. The smallest absolute Gasteiger partial charge is 0.176 e. The molecule has 0 spiro atoms. The van der Waals surface area contributed by atoms with E-state index in [1.165, 1.54) is 25.8 Å². The first-order chi connectivity index (χ1) is 13.7. The first-order valence-electron chi connectivity index (χ1n) is 9.93. The SMILES string of the molecule is Brc1ccc2c(c1)Oc1cc(Br)cnc1N2CCCCCN1C[C@@H]2C[C@H]1CO2. The highest BCUT2D eigenvalue weighted by molar-refractivity contribution is 9.10. The Kier molecular flexibility index (Phi) is 5.34. The molecule has 7 heteroatoms. The van der Waals surface area contributed by atoms with E-state index in [1.807, 2.05) is 18.3 Å². The highest BCUT2D eigenvalue weighted by atomic mass is 79.9. The minimum atomic E-state index is 0.496. The van der Waals surface area contributed by atoms with Crippen LogP contribution in [0.1, 0.15) is 25.7 Å². The number of unbranched alkanes of at least 4 members (excludes halogenated alkanes) is 2. The summed E-state index contributed by atoms with van der Waals surface area (Å²) in [6.07, 6.45) is 7.15. The zero-order valence-electron chi connectivity index (χ0n) is 15.6. The van der Waals surface area contributed by atoms with Crippen LogP contribution >= 0.6 is 31.9 Å². The Morgan fingerprint density at radius 3 is 2.71 bits per heavy atom. The number of hydrogen-bond acceptors (Lipinski definition) is 5. The van der Waals surface area contributed by atoms with E-state index < -0.39 is 0 Å². The van der Waals surface area contributed by atoms with Gasteiger partial charge in [-0.25, -0.2) is 4.98 Å². The summed E-state index contributed by atoms with van der Waals surface area (Å²) in [7, 11) is 0. The van der Waals surface area contributed by atoms with E-state index in [0.717, 1.165) is 58.1 Å². The minimum Gasteiger partial charge on any atom is -0.451 e. The van der Waals surface area contributed by atoms with Crippen molar-refractivity contribution < 1.29 is 9.47 Å². The molecule has 2 aromatic rings. The number of benzene rings is 1. The standard InChI is InChI=1S/C21H23Br2N3O2/c22-14-4-5-18-19(8-14)28-20-9-15(23)11-24-21(20)26(18)7-3-1-2-6-25-12-17-10-16(25)13-27-17/h4-5,8-9,11,16-17H,1-3,6-7,10,12-13H2/t16-,17-/m0/s1. The summed E-state index contributed by atoms with van der Waals surface area (Å²) >= 11 is 7.05. The van der Waals surface area contributed by atoms with E-state index >= 15 is 0 Å². The molecule has 0 aliphatic carbocycles. The van der Waals surface area contributed by atoms with Crippen molar-refractivity contribution in [2.75, 3.05) is 31.1 Å². The number of aromatic nitrogens is 1. The highest BCUT2D eigenvalue weighted by Crippen LogP contribution is 2.47. The maximum Gasteiger partial charge on any atom is 0.176 e. The Labute approximate surface area is 182 Å². The monoisotopic (exact) mass is 507 g/mol. The largest absolute Gasteiger partial charge is 0.451 e.